The van der Waals surface area contributed by atoms with Gasteiger partial charge in [0.05, 0.1) is 39.6 Å². The fourth-order valence-corrected chi connectivity index (χ4v) is 1.42. The van der Waals surface area contributed by atoms with Crippen molar-refractivity contribution in [3.63, 3.8) is 0 Å². The SMILES string of the molecule is CCCCOCCOCCOC(C)=O.CCOCCOCCOC(C)=O. The molecule has 0 aromatic carbocycles. The molecule has 0 aromatic rings. The molecule has 0 N–H and O–H groups in total. The number of carbonyl (C=O) groups excluding carboxylic acids is 2. The van der Waals surface area contributed by atoms with Crippen molar-refractivity contribution in [3.05, 3.63) is 0 Å². The molecule has 0 saturated heterocycles. The van der Waals surface area contributed by atoms with Gasteiger partial charge in [-0.1, -0.05) is 13.3 Å². The molecule has 26 heavy (non-hydrogen) atoms. The van der Waals surface area contributed by atoms with Crippen molar-refractivity contribution in [2.45, 2.75) is 40.5 Å². The molecule has 0 unspecified atom stereocenters. The van der Waals surface area contributed by atoms with Gasteiger partial charge in [-0.3, -0.25) is 9.59 Å². The summed E-state index contributed by atoms with van der Waals surface area (Å²) < 4.78 is 29.9. The van der Waals surface area contributed by atoms with Crippen molar-refractivity contribution >= 4 is 11.9 Å². The molecule has 0 heterocycles. The van der Waals surface area contributed by atoms with Gasteiger partial charge >= 0.3 is 11.9 Å². The van der Waals surface area contributed by atoms with E-state index in [-0.39, 0.29) is 11.9 Å². The summed E-state index contributed by atoms with van der Waals surface area (Å²) in [7, 11) is 0. The average molecular weight is 380 g/mol. The van der Waals surface area contributed by atoms with Gasteiger partial charge in [-0.05, 0) is 13.3 Å². The van der Waals surface area contributed by atoms with E-state index in [9.17, 15) is 9.59 Å². The number of rotatable bonds is 16. The lowest BCUT2D eigenvalue weighted by atomic mass is 10.4. The minimum Gasteiger partial charge on any atom is -0.463 e. The number of esters is 2. The Hall–Kier alpha value is -1.22. The van der Waals surface area contributed by atoms with Crippen LogP contribution in [0.15, 0.2) is 0 Å². The lowest BCUT2D eigenvalue weighted by Gasteiger charge is -2.05. The molecule has 0 saturated carbocycles. The van der Waals surface area contributed by atoms with Crippen molar-refractivity contribution in [2.24, 2.45) is 0 Å². The van der Waals surface area contributed by atoms with E-state index in [1.807, 2.05) is 6.92 Å². The van der Waals surface area contributed by atoms with E-state index in [1.165, 1.54) is 13.8 Å². The highest BCUT2D eigenvalue weighted by Crippen LogP contribution is 1.88. The van der Waals surface area contributed by atoms with Crippen LogP contribution in [0.25, 0.3) is 0 Å². The van der Waals surface area contributed by atoms with Gasteiger partial charge in [0.2, 0.25) is 0 Å². The molecule has 0 aliphatic heterocycles. The number of carbonyl (C=O) groups is 2. The van der Waals surface area contributed by atoms with Gasteiger partial charge in [0, 0.05) is 27.1 Å². The normalized spacial score (nSPS) is 10.0. The van der Waals surface area contributed by atoms with Gasteiger partial charge in [-0.25, -0.2) is 0 Å². The zero-order valence-corrected chi connectivity index (χ0v) is 16.8. The zero-order valence-electron chi connectivity index (χ0n) is 16.8. The maximum absolute atomic E-state index is 10.3. The second kappa shape index (κ2) is 23.8. The Morgan fingerprint density at radius 1 is 0.577 bits per heavy atom. The van der Waals surface area contributed by atoms with Gasteiger partial charge in [-0.2, -0.15) is 0 Å². The second-order valence-electron chi connectivity index (χ2n) is 5.07. The van der Waals surface area contributed by atoms with Gasteiger partial charge in [-0.15, -0.1) is 0 Å². The van der Waals surface area contributed by atoms with E-state index in [2.05, 4.69) is 16.4 Å². The smallest absolute Gasteiger partial charge is 0.302 e. The fourth-order valence-electron chi connectivity index (χ4n) is 1.42. The van der Waals surface area contributed by atoms with Crippen LogP contribution < -0.4 is 0 Å². The first-order valence-electron chi connectivity index (χ1n) is 9.12. The molecule has 0 amide bonds. The quantitative estimate of drug-likeness (QED) is 0.297. The standard InChI is InChI=1S/C10H20O4.C8H16O4/c1-3-4-5-12-6-7-13-8-9-14-10(2)11;1-3-10-4-5-11-6-7-12-8(2)9/h3-9H2,1-2H3;3-7H2,1-2H3. The molecule has 0 fully saturated rings. The van der Waals surface area contributed by atoms with Crippen LogP contribution in [0.5, 0.6) is 0 Å². The predicted molar refractivity (Wildman–Crippen MR) is 97.1 cm³/mol. The Morgan fingerprint density at radius 3 is 1.35 bits per heavy atom. The molecule has 0 aliphatic rings. The number of hydrogen-bond acceptors (Lipinski definition) is 8. The zero-order chi connectivity index (χ0) is 19.9. The first-order valence-corrected chi connectivity index (χ1v) is 9.12. The Balaban J connectivity index is 0. The van der Waals surface area contributed by atoms with Gasteiger partial charge in [0.1, 0.15) is 13.2 Å². The Kier molecular flexibility index (Phi) is 24.7. The minimum absolute atomic E-state index is 0.271. The minimum atomic E-state index is -0.275. The summed E-state index contributed by atoms with van der Waals surface area (Å²) in [6, 6.07) is 0. The summed E-state index contributed by atoms with van der Waals surface area (Å²) in [5, 5.41) is 0. The van der Waals surface area contributed by atoms with E-state index in [1.54, 1.807) is 0 Å². The Bertz CT molecular complexity index is 310. The van der Waals surface area contributed by atoms with Crippen LogP contribution in [-0.4, -0.2) is 78.0 Å². The molecule has 0 radical (unpaired) electrons. The fraction of sp³-hybridized carbons (Fsp3) is 0.889. The first kappa shape index (κ1) is 27.0. The number of unbranched alkanes of at least 4 members (excludes halogenated alkanes) is 1. The molecular formula is C18H36O8. The van der Waals surface area contributed by atoms with Crippen LogP contribution in [0.1, 0.15) is 40.5 Å². The van der Waals surface area contributed by atoms with E-state index in [0.717, 1.165) is 19.4 Å². The summed E-state index contributed by atoms with van der Waals surface area (Å²) in [5.74, 6) is -0.545. The monoisotopic (exact) mass is 380 g/mol. The van der Waals surface area contributed by atoms with Crippen molar-refractivity contribution in [3.8, 4) is 0 Å². The summed E-state index contributed by atoms with van der Waals surface area (Å²) in [4.78, 5) is 20.6. The summed E-state index contributed by atoms with van der Waals surface area (Å²) in [6.45, 7) is 12.1. The molecule has 8 heteroatoms. The molecule has 0 rings (SSSR count). The largest absolute Gasteiger partial charge is 0.463 e. The maximum Gasteiger partial charge on any atom is 0.302 e. The molecule has 0 aliphatic carbocycles. The van der Waals surface area contributed by atoms with Gasteiger partial charge in [0.15, 0.2) is 0 Å². The summed E-state index contributed by atoms with van der Waals surface area (Å²) in [6.07, 6.45) is 2.24. The second-order valence-corrected chi connectivity index (χ2v) is 5.07. The van der Waals surface area contributed by atoms with E-state index >= 15 is 0 Å². The van der Waals surface area contributed by atoms with Crippen molar-refractivity contribution in [2.75, 3.05) is 66.1 Å². The molecule has 0 spiro atoms. The topological polar surface area (TPSA) is 89.5 Å². The highest BCUT2D eigenvalue weighted by Gasteiger charge is 1.93. The first-order chi connectivity index (χ1) is 12.5. The molecule has 0 bridgehead atoms. The van der Waals surface area contributed by atoms with E-state index in [0.29, 0.717) is 59.5 Å². The van der Waals surface area contributed by atoms with Crippen LogP contribution in [0.2, 0.25) is 0 Å². The summed E-state index contributed by atoms with van der Waals surface area (Å²) in [5.41, 5.74) is 0. The van der Waals surface area contributed by atoms with Gasteiger partial charge < -0.3 is 28.4 Å². The average Bonchev–Trinajstić information content (AvgIpc) is 2.59. The van der Waals surface area contributed by atoms with Crippen LogP contribution in [0, 0.1) is 0 Å². The predicted octanol–water partition coefficient (Wildman–Crippen LogP) is 1.99. The van der Waals surface area contributed by atoms with Crippen LogP contribution >= 0.6 is 0 Å². The van der Waals surface area contributed by atoms with Crippen molar-refractivity contribution < 1.29 is 38.0 Å². The number of ether oxygens (including phenoxy) is 6. The lowest BCUT2D eigenvalue weighted by Crippen LogP contribution is -2.11. The van der Waals surface area contributed by atoms with Crippen LogP contribution in [0.4, 0.5) is 0 Å². The van der Waals surface area contributed by atoms with E-state index in [4.69, 9.17) is 18.9 Å². The third-order valence-electron chi connectivity index (χ3n) is 2.66. The third-order valence-corrected chi connectivity index (χ3v) is 2.66. The molecule has 156 valence electrons. The molecule has 0 atom stereocenters. The van der Waals surface area contributed by atoms with Crippen molar-refractivity contribution in [1.82, 2.24) is 0 Å². The summed E-state index contributed by atoms with van der Waals surface area (Å²) >= 11 is 0. The maximum atomic E-state index is 10.3. The van der Waals surface area contributed by atoms with Crippen LogP contribution in [-0.2, 0) is 38.0 Å². The van der Waals surface area contributed by atoms with Crippen molar-refractivity contribution in [1.29, 1.82) is 0 Å². The lowest BCUT2D eigenvalue weighted by molar-refractivity contribution is -0.143. The molecular weight excluding hydrogens is 344 g/mol. The highest BCUT2D eigenvalue weighted by molar-refractivity contribution is 5.66. The molecule has 0 aromatic heterocycles. The Morgan fingerprint density at radius 2 is 0.962 bits per heavy atom. The van der Waals surface area contributed by atoms with E-state index < -0.39 is 0 Å². The Labute approximate surface area is 157 Å². The van der Waals surface area contributed by atoms with Crippen LogP contribution in [0.3, 0.4) is 0 Å². The van der Waals surface area contributed by atoms with Gasteiger partial charge in [0.25, 0.3) is 0 Å². The number of hydrogen-bond donors (Lipinski definition) is 0. The molecule has 8 nitrogen and oxygen atoms in total. The highest BCUT2D eigenvalue weighted by atomic mass is 16.6. The third kappa shape index (κ3) is 30.6.